The minimum Gasteiger partial charge on any atom is -0.493 e. The number of benzene rings is 1. The van der Waals surface area contributed by atoms with E-state index in [9.17, 15) is 4.79 Å². The Balaban J connectivity index is 1.41. The van der Waals surface area contributed by atoms with Crippen molar-refractivity contribution in [2.24, 2.45) is 0 Å². The second-order valence-corrected chi connectivity index (χ2v) is 7.41. The van der Waals surface area contributed by atoms with Crippen molar-refractivity contribution >= 4 is 28.7 Å². The number of hydrogen-bond donors (Lipinski definition) is 1. The molecule has 7 nitrogen and oxygen atoms in total. The molecular formula is C21H22N4O3S. The molecular weight excluding hydrogens is 388 g/mol. The molecule has 1 N–H and O–H groups in total. The lowest BCUT2D eigenvalue weighted by atomic mass is 10.2. The number of hydrogen-bond acceptors (Lipinski definition) is 7. The maximum Gasteiger partial charge on any atom is 0.255 e. The van der Waals surface area contributed by atoms with Gasteiger partial charge >= 0.3 is 0 Å². The van der Waals surface area contributed by atoms with Gasteiger partial charge in [0.2, 0.25) is 0 Å². The number of rotatable bonds is 7. The lowest BCUT2D eigenvalue weighted by Gasteiger charge is -2.16. The average molecular weight is 410 g/mol. The van der Waals surface area contributed by atoms with Crippen LogP contribution in [0.5, 0.6) is 11.5 Å². The zero-order valence-corrected chi connectivity index (χ0v) is 16.9. The molecule has 29 heavy (non-hydrogen) atoms. The molecule has 0 saturated carbocycles. The Morgan fingerprint density at radius 3 is 2.72 bits per heavy atom. The molecule has 0 bridgehead atoms. The van der Waals surface area contributed by atoms with Crippen molar-refractivity contribution in [3.8, 4) is 11.5 Å². The molecule has 150 valence electrons. The van der Waals surface area contributed by atoms with Crippen LogP contribution in [0.1, 0.15) is 28.9 Å². The number of nitrogens with one attached hydrogen (secondary N) is 1. The number of amides is 1. The zero-order chi connectivity index (χ0) is 20.1. The van der Waals surface area contributed by atoms with E-state index in [-0.39, 0.29) is 5.91 Å². The summed E-state index contributed by atoms with van der Waals surface area (Å²) in [6.07, 6.45) is 4.09. The van der Waals surface area contributed by atoms with Crippen LogP contribution >= 0.6 is 11.3 Å². The van der Waals surface area contributed by atoms with Crippen LogP contribution in [0.15, 0.2) is 47.4 Å². The summed E-state index contributed by atoms with van der Waals surface area (Å²) in [4.78, 5) is 23.5. The number of carbonyl (C=O) groups excluding carboxylic acids is 1. The molecule has 4 rings (SSSR count). The third kappa shape index (κ3) is 4.65. The summed E-state index contributed by atoms with van der Waals surface area (Å²) >= 11 is 1.52. The predicted molar refractivity (Wildman–Crippen MR) is 113 cm³/mol. The van der Waals surface area contributed by atoms with Gasteiger partial charge < -0.3 is 19.7 Å². The van der Waals surface area contributed by atoms with E-state index in [1.165, 1.54) is 24.2 Å². The maximum absolute atomic E-state index is 12.6. The largest absolute Gasteiger partial charge is 0.493 e. The lowest BCUT2D eigenvalue weighted by Crippen LogP contribution is -2.19. The van der Waals surface area contributed by atoms with Crippen LogP contribution in [0, 0.1) is 0 Å². The average Bonchev–Trinajstić information content (AvgIpc) is 3.47. The third-order valence-electron chi connectivity index (χ3n) is 4.72. The van der Waals surface area contributed by atoms with Gasteiger partial charge in [-0.15, -0.1) is 11.3 Å². The highest BCUT2D eigenvalue weighted by Crippen LogP contribution is 2.29. The fourth-order valence-corrected chi connectivity index (χ4v) is 3.73. The second kappa shape index (κ2) is 8.91. The monoisotopic (exact) mass is 410 g/mol. The lowest BCUT2D eigenvalue weighted by molar-refractivity contribution is 0.102. The van der Waals surface area contributed by atoms with Gasteiger partial charge in [-0.1, -0.05) is 0 Å². The van der Waals surface area contributed by atoms with E-state index in [0.717, 1.165) is 24.6 Å². The molecule has 1 amide bonds. The molecule has 1 aromatic carbocycles. The van der Waals surface area contributed by atoms with Crippen LogP contribution in [-0.2, 0) is 6.61 Å². The number of anilines is 2. The number of ether oxygens (including phenoxy) is 2. The quantitative estimate of drug-likeness (QED) is 0.635. The molecule has 0 unspecified atom stereocenters. The van der Waals surface area contributed by atoms with Crippen LogP contribution < -0.4 is 19.7 Å². The maximum atomic E-state index is 12.6. The van der Waals surface area contributed by atoms with Crippen molar-refractivity contribution in [3.63, 3.8) is 0 Å². The second-order valence-electron chi connectivity index (χ2n) is 6.69. The standard InChI is InChI=1S/C21H22N4O3S/c1-27-19-10-15(4-6-18(19)28-12-17-13-29-14-23-17)21(26)24-16-5-7-20(22-11-16)25-8-2-3-9-25/h4-7,10-11,13-14H,2-3,8-9,12H2,1H3,(H,24,26). The smallest absolute Gasteiger partial charge is 0.255 e. The van der Waals surface area contributed by atoms with Crippen molar-refractivity contribution in [2.75, 3.05) is 30.4 Å². The van der Waals surface area contributed by atoms with Crippen molar-refractivity contribution in [1.82, 2.24) is 9.97 Å². The summed E-state index contributed by atoms with van der Waals surface area (Å²) in [5.41, 5.74) is 3.74. The molecule has 3 aromatic rings. The summed E-state index contributed by atoms with van der Waals surface area (Å²) in [6, 6.07) is 8.92. The van der Waals surface area contributed by atoms with E-state index < -0.39 is 0 Å². The van der Waals surface area contributed by atoms with Crippen LogP contribution in [0.4, 0.5) is 11.5 Å². The number of carbonyl (C=O) groups is 1. The Bertz CT molecular complexity index is 955. The van der Waals surface area contributed by atoms with E-state index in [2.05, 4.69) is 20.2 Å². The van der Waals surface area contributed by atoms with Crippen LogP contribution in [0.3, 0.4) is 0 Å². The first-order valence-electron chi connectivity index (χ1n) is 9.43. The molecule has 1 fully saturated rings. The van der Waals surface area contributed by atoms with Gasteiger partial charge in [0.1, 0.15) is 12.4 Å². The fraction of sp³-hybridized carbons (Fsp3) is 0.286. The highest BCUT2D eigenvalue weighted by atomic mass is 32.1. The molecule has 1 aliphatic rings. The van der Waals surface area contributed by atoms with Crippen LogP contribution in [0.25, 0.3) is 0 Å². The minimum atomic E-state index is -0.231. The summed E-state index contributed by atoms with van der Waals surface area (Å²) in [5.74, 6) is 1.78. The summed E-state index contributed by atoms with van der Waals surface area (Å²) < 4.78 is 11.1. The van der Waals surface area contributed by atoms with Gasteiger partial charge in [0.25, 0.3) is 5.91 Å². The van der Waals surface area contributed by atoms with E-state index in [0.29, 0.717) is 29.4 Å². The Kier molecular flexibility index (Phi) is 5.90. The number of thiazole rings is 1. The summed E-state index contributed by atoms with van der Waals surface area (Å²) in [7, 11) is 1.55. The molecule has 1 aliphatic heterocycles. The predicted octanol–water partition coefficient (Wildman–Crippen LogP) is 3.98. The number of nitrogens with zero attached hydrogens (tertiary/aromatic N) is 3. The van der Waals surface area contributed by atoms with Gasteiger partial charge in [-0.25, -0.2) is 9.97 Å². The van der Waals surface area contributed by atoms with Crippen molar-refractivity contribution in [2.45, 2.75) is 19.4 Å². The van der Waals surface area contributed by atoms with Gasteiger partial charge in [0.05, 0.1) is 30.2 Å². The Hall–Kier alpha value is -3.13. The normalized spacial score (nSPS) is 13.3. The first kappa shape index (κ1) is 19.2. The molecule has 0 aliphatic carbocycles. The first-order valence-corrected chi connectivity index (χ1v) is 10.4. The molecule has 8 heteroatoms. The highest BCUT2D eigenvalue weighted by molar-refractivity contribution is 7.07. The Morgan fingerprint density at radius 1 is 1.17 bits per heavy atom. The van der Waals surface area contributed by atoms with E-state index in [1.54, 1.807) is 37.0 Å². The van der Waals surface area contributed by atoms with Gasteiger partial charge in [-0.3, -0.25) is 4.79 Å². The van der Waals surface area contributed by atoms with Crippen LogP contribution in [0.2, 0.25) is 0 Å². The Morgan fingerprint density at radius 2 is 2.03 bits per heavy atom. The molecule has 0 radical (unpaired) electrons. The van der Waals surface area contributed by atoms with Gasteiger partial charge in [0, 0.05) is 24.0 Å². The van der Waals surface area contributed by atoms with Crippen molar-refractivity contribution in [3.05, 3.63) is 58.7 Å². The SMILES string of the molecule is COc1cc(C(=O)Nc2ccc(N3CCCC3)nc2)ccc1OCc1cscn1. The number of methoxy groups -OCH3 is 1. The van der Waals surface area contributed by atoms with E-state index in [1.807, 2.05) is 17.5 Å². The van der Waals surface area contributed by atoms with Gasteiger partial charge in [-0.05, 0) is 43.2 Å². The van der Waals surface area contributed by atoms with Gasteiger partial charge in [0.15, 0.2) is 11.5 Å². The van der Waals surface area contributed by atoms with Gasteiger partial charge in [-0.2, -0.15) is 0 Å². The van der Waals surface area contributed by atoms with Crippen molar-refractivity contribution in [1.29, 1.82) is 0 Å². The first-order chi connectivity index (χ1) is 14.2. The third-order valence-corrected chi connectivity index (χ3v) is 5.36. The summed E-state index contributed by atoms with van der Waals surface area (Å²) in [6.45, 7) is 2.42. The van der Waals surface area contributed by atoms with Crippen molar-refractivity contribution < 1.29 is 14.3 Å². The number of pyridine rings is 1. The van der Waals surface area contributed by atoms with E-state index in [4.69, 9.17) is 9.47 Å². The molecule has 0 spiro atoms. The molecule has 3 heterocycles. The topological polar surface area (TPSA) is 76.6 Å². The highest BCUT2D eigenvalue weighted by Gasteiger charge is 2.15. The minimum absolute atomic E-state index is 0.231. The number of aromatic nitrogens is 2. The molecule has 1 saturated heterocycles. The fourth-order valence-electron chi connectivity index (χ4n) is 3.19. The van der Waals surface area contributed by atoms with Crippen LogP contribution in [-0.4, -0.2) is 36.1 Å². The molecule has 0 atom stereocenters. The molecule has 2 aromatic heterocycles. The Labute approximate surface area is 173 Å². The van der Waals surface area contributed by atoms with E-state index >= 15 is 0 Å². The summed E-state index contributed by atoms with van der Waals surface area (Å²) in [5, 5.41) is 4.80. The zero-order valence-electron chi connectivity index (χ0n) is 16.1.